The first-order valence-electron chi connectivity index (χ1n) is 6.49. The summed E-state index contributed by atoms with van der Waals surface area (Å²) < 4.78 is 9.30. The van der Waals surface area contributed by atoms with E-state index in [0.29, 0.717) is 13.2 Å². The van der Waals surface area contributed by atoms with Crippen molar-refractivity contribution in [3.63, 3.8) is 0 Å². The minimum absolute atomic E-state index is 0.102. The molecule has 2 heterocycles. The molecular weight excluding hydrogens is 292 g/mol. The lowest BCUT2D eigenvalue weighted by Gasteiger charge is -2.14. The fourth-order valence-corrected chi connectivity index (χ4v) is 3.08. The predicted molar refractivity (Wildman–Crippen MR) is 83.6 cm³/mol. The van der Waals surface area contributed by atoms with E-state index in [1.54, 1.807) is 18.4 Å². The van der Waals surface area contributed by atoms with E-state index < -0.39 is 0 Å². The van der Waals surface area contributed by atoms with Crippen LogP contribution in [0.4, 0.5) is 5.13 Å². The number of methoxy groups -OCH3 is 1. The van der Waals surface area contributed by atoms with Crippen LogP contribution in [0.3, 0.4) is 0 Å². The number of nitrogens with zero attached hydrogens (tertiary/aromatic N) is 3. The third-order valence-electron chi connectivity index (χ3n) is 2.71. The zero-order valence-corrected chi connectivity index (χ0v) is 13.9. The molecule has 0 saturated heterocycles. The molecule has 20 heavy (non-hydrogen) atoms. The van der Waals surface area contributed by atoms with E-state index >= 15 is 0 Å². The van der Waals surface area contributed by atoms with Gasteiger partial charge in [0.05, 0.1) is 18.8 Å². The third kappa shape index (κ3) is 4.22. The van der Waals surface area contributed by atoms with E-state index in [1.165, 1.54) is 11.5 Å². The maximum absolute atomic E-state index is 5.01. The van der Waals surface area contributed by atoms with Crippen molar-refractivity contribution >= 4 is 28.0 Å². The van der Waals surface area contributed by atoms with Crippen LogP contribution in [0.25, 0.3) is 0 Å². The second-order valence-electron chi connectivity index (χ2n) is 5.49. The molecule has 0 unspecified atom stereocenters. The Morgan fingerprint density at radius 2 is 2.10 bits per heavy atom. The Morgan fingerprint density at radius 3 is 2.75 bits per heavy atom. The number of ether oxygens (including phenoxy) is 1. The maximum Gasteiger partial charge on any atom is 0.202 e. The van der Waals surface area contributed by atoms with Crippen LogP contribution >= 0.6 is 22.9 Å². The fraction of sp³-hybridized carbons (Fsp3) is 0.615. The lowest BCUT2D eigenvalue weighted by atomic mass is 9.93. The molecule has 0 atom stereocenters. The number of aromatic nitrogens is 3. The molecule has 0 saturated carbocycles. The molecule has 0 aliphatic heterocycles. The average Bonchev–Trinajstić information content (AvgIpc) is 3.02. The zero-order valence-electron chi connectivity index (χ0n) is 12.3. The lowest BCUT2D eigenvalue weighted by molar-refractivity contribution is 0.201. The highest BCUT2D eigenvalue weighted by Crippen LogP contribution is 2.24. The molecule has 0 radical (unpaired) electrons. The Labute approximate surface area is 127 Å². The standard InChI is InChI=1S/C13H20N4OS2/c1-13(2,3)9-8-19-11(15-9)7-14-12-16-10(17-20-12)5-6-18-4/h8H,5-7H2,1-4H3,(H,14,16,17). The van der Waals surface area contributed by atoms with Crippen LogP contribution < -0.4 is 5.32 Å². The highest BCUT2D eigenvalue weighted by atomic mass is 32.1. The van der Waals surface area contributed by atoms with Gasteiger partial charge in [0.25, 0.3) is 0 Å². The van der Waals surface area contributed by atoms with Gasteiger partial charge < -0.3 is 10.1 Å². The Bertz CT molecular complexity index is 545. The van der Waals surface area contributed by atoms with Crippen LogP contribution in [0.2, 0.25) is 0 Å². The fourth-order valence-electron chi connectivity index (χ4n) is 1.51. The van der Waals surface area contributed by atoms with E-state index in [1.807, 2.05) is 0 Å². The highest BCUT2D eigenvalue weighted by Gasteiger charge is 2.17. The van der Waals surface area contributed by atoms with Gasteiger partial charge in [0, 0.05) is 35.9 Å². The van der Waals surface area contributed by atoms with E-state index in [2.05, 4.69) is 45.8 Å². The molecule has 2 aromatic heterocycles. The summed E-state index contributed by atoms with van der Waals surface area (Å²) >= 11 is 3.06. The van der Waals surface area contributed by atoms with Gasteiger partial charge in [0.15, 0.2) is 0 Å². The van der Waals surface area contributed by atoms with Crippen molar-refractivity contribution in [2.24, 2.45) is 0 Å². The molecule has 0 amide bonds. The molecular formula is C13H20N4OS2. The first-order chi connectivity index (χ1) is 9.49. The molecule has 0 aliphatic rings. The number of hydrogen-bond donors (Lipinski definition) is 1. The Hall–Kier alpha value is -1.05. The van der Waals surface area contributed by atoms with Crippen molar-refractivity contribution in [1.82, 2.24) is 14.3 Å². The number of nitrogens with one attached hydrogen (secondary N) is 1. The number of thiazole rings is 1. The van der Waals surface area contributed by atoms with Crippen molar-refractivity contribution in [1.29, 1.82) is 0 Å². The first kappa shape index (κ1) is 15.3. The molecule has 0 aliphatic carbocycles. The maximum atomic E-state index is 5.01. The lowest BCUT2D eigenvalue weighted by Crippen LogP contribution is -2.11. The number of anilines is 1. The molecule has 2 aromatic rings. The van der Waals surface area contributed by atoms with E-state index in [-0.39, 0.29) is 5.41 Å². The van der Waals surface area contributed by atoms with E-state index in [0.717, 1.165) is 28.1 Å². The van der Waals surface area contributed by atoms with Gasteiger partial charge >= 0.3 is 0 Å². The summed E-state index contributed by atoms with van der Waals surface area (Å²) in [5, 5.41) is 7.31. The van der Waals surface area contributed by atoms with Gasteiger partial charge in [-0.15, -0.1) is 11.3 Å². The van der Waals surface area contributed by atoms with Gasteiger partial charge in [-0.05, 0) is 0 Å². The normalized spacial score (nSPS) is 11.8. The first-order valence-corrected chi connectivity index (χ1v) is 8.14. The van der Waals surface area contributed by atoms with Gasteiger partial charge in [0.2, 0.25) is 5.13 Å². The third-order valence-corrected chi connectivity index (χ3v) is 4.27. The van der Waals surface area contributed by atoms with Gasteiger partial charge in [0.1, 0.15) is 10.8 Å². The number of hydrogen-bond acceptors (Lipinski definition) is 7. The summed E-state index contributed by atoms with van der Waals surface area (Å²) in [5.74, 6) is 0.828. The smallest absolute Gasteiger partial charge is 0.202 e. The van der Waals surface area contributed by atoms with Crippen molar-refractivity contribution in [2.45, 2.75) is 39.2 Å². The highest BCUT2D eigenvalue weighted by molar-refractivity contribution is 7.10. The van der Waals surface area contributed by atoms with Gasteiger partial charge in [-0.3, -0.25) is 0 Å². The van der Waals surface area contributed by atoms with Gasteiger partial charge in [-0.25, -0.2) is 9.97 Å². The Morgan fingerprint density at radius 1 is 1.30 bits per heavy atom. The van der Waals surface area contributed by atoms with E-state index in [4.69, 9.17) is 4.74 Å². The largest absolute Gasteiger partial charge is 0.384 e. The summed E-state index contributed by atoms with van der Waals surface area (Å²) in [6.07, 6.45) is 0.750. The van der Waals surface area contributed by atoms with Crippen LogP contribution in [-0.2, 0) is 23.1 Å². The summed E-state index contributed by atoms with van der Waals surface area (Å²) in [7, 11) is 1.68. The van der Waals surface area contributed by atoms with Crippen LogP contribution in [0, 0.1) is 0 Å². The van der Waals surface area contributed by atoms with Gasteiger partial charge in [-0.1, -0.05) is 20.8 Å². The minimum Gasteiger partial charge on any atom is -0.384 e. The second-order valence-corrected chi connectivity index (χ2v) is 7.18. The minimum atomic E-state index is 0.102. The molecule has 0 spiro atoms. The average molecular weight is 312 g/mol. The summed E-state index contributed by atoms with van der Waals surface area (Å²) in [6, 6.07) is 0. The summed E-state index contributed by atoms with van der Waals surface area (Å²) in [5.41, 5.74) is 1.24. The predicted octanol–water partition coefficient (Wildman–Crippen LogP) is 3.09. The molecule has 1 N–H and O–H groups in total. The SMILES string of the molecule is COCCc1nsc(NCc2nc(C(C)(C)C)cs2)n1. The van der Waals surface area contributed by atoms with Crippen molar-refractivity contribution < 1.29 is 4.74 Å². The summed E-state index contributed by atoms with van der Waals surface area (Å²) in [4.78, 5) is 9.06. The molecule has 2 rings (SSSR count). The monoisotopic (exact) mass is 312 g/mol. The van der Waals surface area contributed by atoms with E-state index in [9.17, 15) is 0 Å². The second kappa shape index (κ2) is 6.60. The van der Waals surface area contributed by atoms with Crippen LogP contribution in [0.5, 0.6) is 0 Å². The quantitative estimate of drug-likeness (QED) is 0.888. The molecule has 0 fully saturated rings. The molecule has 0 bridgehead atoms. The Kier molecular flexibility index (Phi) is 5.06. The number of rotatable bonds is 6. The van der Waals surface area contributed by atoms with Gasteiger partial charge in [-0.2, -0.15) is 4.37 Å². The van der Waals surface area contributed by atoms with Crippen LogP contribution in [0.1, 0.15) is 37.3 Å². The molecule has 110 valence electrons. The van der Waals surface area contributed by atoms with Crippen molar-refractivity contribution in [2.75, 3.05) is 19.0 Å². The van der Waals surface area contributed by atoms with Crippen molar-refractivity contribution in [3.8, 4) is 0 Å². The topological polar surface area (TPSA) is 59.9 Å². The molecule has 5 nitrogen and oxygen atoms in total. The summed E-state index contributed by atoms with van der Waals surface area (Å²) in [6.45, 7) is 7.86. The van der Waals surface area contributed by atoms with Crippen molar-refractivity contribution in [3.05, 3.63) is 21.9 Å². The molecule has 0 aromatic carbocycles. The molecule has 7 heteroatoms. The Balaban J connectivity index is 1.88. The van der Waals surface area contributed by atoms with Crippen LogP contribution in [-0.4, -0.2) is 28.1 Å². The van der Waals surface area contributed by atoms with Crippen LogP contribution in [0.15, 0.2) is 5.38 Å². The zero-order chi connectivity index (χ0) is 14.6.